The van der Waals surface area contributed by atoms with Gasteiger partial charge in [-0.05, 0) is 19.3 Å². The average molecular weight is 200 g/mol. The van der Waals surface area contributed by atoms with Crippen LogP contribution in [0.1, 0.15) is 46.5 Å². The number of rotatable bonds is 7. The normalized spacial score (nSPS) is 9.93. The number of hydrogen-bond acceptors (Lipinski definition) is 1. The van der Waals surface area contributed by atoms with E-state index in [0.717, 1.165) is 45.3 Å². The summed E-state index contributed by atoms with van der Waals surface area (Å²) in [7, 11) is 0. The van der Waals surface area contributed by atoms with E-state index in [1.54, 1.807) is 0 Å². The molecule has 0 aromatic rings. The fourth-order valence-corrected chi connectivity index (χ4v) is 1.34. The van der Waals surface area contributed by atoms with Crippen LogP contribution in [0.4, 0.5) is 4.79 Å². The monoisotopic (exact) mass is 200 g/mol. The van der Waals surface area contributed by atoms with Crippen LogP contribution < -0.4 is 5.32 Å². The van der Waals surface area contributed by atoms with Crippen LogP contribution >= 0.6 is 0 Å². The molecule has 3 nitrogen and oxygen atoms in total. The molecule has 0 radical (unpaired) electrons. The zero-order chi connectivity index (χ0) is 10.8. The number of hydrogen-bond donors (Lipinski definition) is 1. The van der Waals surface area contributed by atoms with Crippen molar-refractivity contribution in [2.45, 2.75) is 46.5 Å². The minimum Gasteiger partial charge on any atom is -0.338 e. The number of carbonyl (C=O) groups is 1. The first kappa shape index (κ1) is 13.3. The number of nitrogens with zero attached hydrogens (tertiary/aromatic N) is 1. The summed E-state index contributed by atoms with van der Waals surface area (Å²) in [5.41, 5.74) is 0. The highest BCUT2D eigenvalue weighted by molar-refractivity contribution is 5.74. The molecule has 0 fully saturated rings. The first-order valence-corrected chi connectivity index (χ1v) is 5.79. The summed E-state index contributed by atoms with van der Waals surface area (Å²) in [6, 6.07) is 0.0992. The van der Waals surface area contributed by atoms with Crippen molar-refractivity contribution in [1.82, 2.24) is 10.2 Å². The first-order chi connectivity index (χ1) is 6.76. The van der Waals surface area contributed by atoms with E-state index < -0.39 is 0 Å². The van der Waals surface area contributed by atoms with Crippen LogP contribution in [-0.4, -0.2) is 30.6 Å². The van der Waals surface area contributed by atoms with Crippen molar-refractivity contribution in [2.75, 3.05) is 19.6 Å². The van der Waals surface area contributed by atoms with Crippen molar-refractivity contribution in [1.29, 1.82) is 0 Å². The highest BCUT2D eigenvalue weighted by atomic mass is 16.2. The molecule has 0 aromatic heterocycles. The first-order valence-electron chi connectivity index (χ1n) is 5.79. The lowest BCUT2D eigenvalue weighted by atomic mass is 10.3. The molecule has 14 heavy (non-hydrogen) atoms. The van der Waals surface area contributed by atoms with E-state index in [-0.39, 0.29) is 6.03 Å². The maximum Gasteiger partial charge on any atom is 0.317 e. The second-order valence-corrected chi connectivity index (χ2v) is 3.57. The number of urea groups is 1. The van der Waals surface area contributed by atoms with Crippen LogP contribution in [-0.2, 0) is 0 Å². The smallest absolute Gasteiger partial charge is 0.317 e. The Morgan fingerprint density at radius 3 is 2.07 bits per heavy atom. The fraction of sp³-hybridized carbons (Fsp3) is 0.909. The predicted molar refractivity (Wildman–Crippen MR) is 60.5 cm³/mol. The topological polar surface area (TPSA) is 32.3 Å². The molecule has 0 spiro atoms. The highest BCUT2D eigenvalue weighted by Gasteiger charge is 2.09. The van der Waals surface area contributed by atoms with Gasteiger partial charge in [0.05, 0.1) is 0 Å². The molecule has 0 aromatic carbocycles. The number of carbonyl (C=O) groups excluding carboxylic acids is 1. The molecular formula is C11H24N2O. The zero-order valence-corrected chi connectivity index (χ0v) is 9.81. The second-order valence-electron chi connectivity index (χ2n) is 3.57. The number of nitrogens with one attached hydrogen (secondary N) is 1. The van der Waals surface area contributed by atoms with E-state index in [4.69, 9.17) is 0 Å². The fourth-order valence-electron chi connectivity index (χ4n) is 1.34. The summed E-state index contributed by atoms with van der Waals surface area (Å²) in [6.45, 7) is 8.86. The van der Waals surface area contributed by atoms with Gasteiger partial charge in [0.25, 0.3) is 0 Å². The molecule has 0 atom stereocenters. The Kier molecular flexibility index (Phi) is 8.39. The molecule has 1 N–H and O–H groups in total. The van der Waals surface area contributed by atoms with Crippen LogP contribution in [0.3, 0.4) is 0 Å². The Labute approximate surface area is 87.9 Å². The van der Waals surface area contributed by atoms with E-state index in [0.29, 0.717) is 0 Å². The van der Waals surface area contributed by atoms with Crippen molar-refractivity contribution < 1.29 is 4.79 Å². The Hall–Kier alpha value is -0.730. The van der Waals surface area contributed by atoms with Crippen molar-refractivity contribution in [3.05, 3.63) is 0 Å². The molecular weight excluding hydrogens is 176 g/mol. The molecule has 0 aliphatic carbocycles. The van der Waals surface area contributed by atoms with Gasteiger partial charge in [0.2, 0.25) is 0 Å². The lowest BCUT2D eigenvalue weighted by Gasteiger charge is -2.21. The molecule has 0 aliphatic rings. The standard InChI is InChI=1S/C11H24N2O/c1-4-7-8-12-11(14)13(9-5-2)10-6-3/h4-10H2,1-3H3,(H,12,14). The van der Waals surface area contributed by atoms with Gasteiger partial charge in [0, 0.05) is 19.6 Å². The van der Waals surface area contributed by atoms with E-state index in [9.17, 15) is 4.79 Å². The minimum absolute atomic E-state index is 0.0992. The third-order valence-corrected chi connectivity index (χ3v) is 2.08. The molecule has 3 heteroatoms. The Morgan fingerprint density at radius 1 is 1.07 bits per heavy atom. The van der Waals surface area contributed by atoms with Crippen molar-refractivity contribution in [3.63, 3.8) is 0 Å². The van der Waals surface area contributed by atoms with Crippen molar-refractivity contribution in [3.8, 4) is 0 Å². The average Bonchev–Trinajstić information content (AvgIpc) is 2.18. The van der Waals surface area contributed by atoms with Gasteiger partial charge < -0.3 is 10.2 Å². The predicted octanol–water partition coefficient (Wildman–Crippen LogP) is 2.62. The van der Waals surface area contributed by atoms with Gasteiger partial charge in [0.1, 0.15) is 0 Å². The Morgan fingerprint density at radius 2 is 1.64 bits per heavy atom. The summed E-state index contributed by atoms with van der Waals surface area (Å²) in [5.74, 6) is 0. The van der Waals surface area contributed by atoms with Crippen LogP contribution in [0, 0.1) is 0 Å². The van der Waals surface area contributed by atoms with Gasteiger partial charge >= 0.3 is 6.03 Å². The third-order valence-electron chi connectivity index (χ3n) is 2.08. The molecule has 0 bridgehead atoms. The van der Waals surface area contributed by atoms with Gasteiger partial charge in [-0.15, -0.1) is 0 Å². The Bertz CT molecular complexity index is 142. The minimum atomic E-state index is 0.0992. The van der Waals surface area contributed by atoms with Gasteiger partial charge in [-0.3, -0.25) is 0 Å². The third kappa shape index (κ3) is 5.84. The summed E-state index contributed by atoms with van der Waals surface area (Å²) in [5, 5.41) is 2.94. The van der Waals surface area contributed by atoms with E-state index in [1.165, 1.54) is 0 Å². The summed E-state index contributed by atoms with van der Waals surface area (Å²) in [4.78, 5) is 13.5. The van der Waals surface area contributed by atoms with Gasteiger partial charge in [-0.1, -0.05) is 27.2 Å². The van der Waals surface area contributed by atoms with Crippen LogP contribution in [0.2, 0.25) is 0 Å². The van der Waals surface area contributed by atoms with E-state index >= 15 is 0 Å². The summed E-state index contributed by atoms with van der Waals surface area (Å²) < 4.78 is 0. The van der Waals surface area contributed by atoms with E-state index in [1.807, 2.05) is 4.90 Å². The summed E-state index contributed by atoms with van der Waals surface area (Å²) >= 11 is 0. The van der Waals surface area contributed by atoms with Crippen LogP contribution in [0.25, 0.3) is 0 Å². The van der Waals surface area contributed by atoms with Gasteiger partial charge in [0.15, 0.2) is 0 Å². The molecule has 0 heterocycles. The second kappa shape index (κ2) is 8.85. The van der Waals surface area contributed by atoms with E-state index in [2.05, 4.69) is 26.1 Å². The zero-order valence-electron chi connectivity index (χ0n) is 9.81. The van der Waals surface area contributed by atoms with Crippen LogP contribution in [0.5, 0.6) is 0 Å². The highest BCUT2D eigenvalue weighted by Crippen LogP contribution is 1.95. The van der Waals surface area contributed by atoms with Gasteiger partial charge in [-0.25, -0.2) is 4.79 Å². The molecule has 84 valence electrons. The largest absolute Gasteiger partial charge is 0.338 e. The number of amides is 2. The molecule has 0 saturated carbocycles. The molecule has 0 unspecified atom stereocenters. The maximum absolute atomic E-state index is 11.6. The molecule has 2 amide bonds. The SMILES string of the molecule is CCCCNC(=O)N(CCC)CCC. The lowest BCUT2D eigenvalue weighted by molar-refractivity contribution is 0.197. The Balaban J connectivity index is 3.76. The molecule has 0 saturated heterocycles. The quantitative estimate of drug-likeness (QED) is 0.629. The van der Waals surface area contributed by atoms with Crippen molar-refractivity contribution in [2.24, 2.45) is 0 Å². The van der Waals surface area contributed by atoms with Gasteiger partial charge in [-0.2, -0.15) is 0 Å². The molecule has 0 rings (SSSR count). The lowest BCUT2D eigenvalue weighted by Crippen LogP contribution is -2.41. The molecule has 0 aliphatic heterocycles. The van der Waals surface area contributed by atoms with Crippen LogP contribution in [0.15, 0.2) is 0 Å². The maximum atomic E-state index is 11.6. The van der Waals surface area contributed by atoms with Crippen molar-refractivity contribution >= 4 is 6.03 Å². The number of unbranched alkanes of at least 4 members (excludes halogenated alkanes) is 1. The summed E-state index contributed by atoms with van der Waals surface area (Å²) in [6.07, 6.45) is 4.25.